The first kappa shape index (κ1) is 14.9. The largest absolute Gasteiger partial charge is 0.446 e. The van der Waals surface area contributed by atoms with Gasteiger partial charge in [0.25, 0.3) is 0 Å². The summed E-state index contributed by atoms with van der Waals surface area (Å²) in [5.74, 6) is 0. The van der Waals surface area contributed by atoms with Crippen LogP contribution in [0.4, 0.5) is 4.79 Å². The van der Waals surface area contributed by atoms with Crippen molar-refractivity contribution in [3.8, 4) is 0 Å². The fourth-order valence-electron chi connectivity index (χ4n) is 0.721. The van der Waals surface area contributed by atoms with Crippen LogP contribution in [0.25, 0.3) is 0 Å². The Bertz CT molecular complexity index is 337. The molecule has 0 unspecified atom stereocenters. The highest BCUT2D eigenvalue weighted by Gasteiger charge is 2.14. The van der Waals surface area contributed by atoms with Crippen molar-refractivity contribution in [1.29, 1.82) is 0 Å². The minimum atomic E-state index is -3.87. The standard InChI is InChI=1S/C8H17N3O4S/c1-7(2)15-8(12)11-16(13,14)10-6-4-3-5-9/h3-4,7,10H,5-6,9H2,1-2H3,(H,11,12)/b4-3+. The predicted molar refractivity (Wildman–Crippen MR) is 59.9 cm³/mol. The molecule has 0 spiro atoms. The average molecular weight is 251 g/mol. The number of nitrogens with one attached hydrogen (secondary N) is 2. The Morgan fingerprint density at radius 2 is 2.06 bits per heavy atom. The molecule has 4 N–H and O–H groups in total. The first-order valence-electron chi connectivity index (χ1n) is 4.70. The first-order valence-corrected chi connectivity index (χ1v) is 6.19. The number of amides is 1. The van der Waals surface area contributed by atoms with Gasteiger partial charge in [0.1, 0.15) is 0 Å². The molecule has 0 fully saturated rings. The second kappa shape index (κ2) is 7.20. The third kappa shape index (κ3) is 8.21. The minimum absolute atomic E-state index is 0.0570. The van der Waals surface area contributed by atoms with Gasteiger partial charge in [-0.25, -0.2) is 9.52 Å². The van der Waals surface area contributed by atoms with E-state index >= 15 is 0 Å². The highest BCUT2D eigenvalue weighted by molar-refractivity contribution is 7.88. The van der Waals surface area contributed by atoms with Gasteiger partial charge < -0.3 is 10.5 Å². The van der Waals surface area contributed by atoms with Crippen LogP contribution in [0.15, 0.2) is 12.2 Å². The number of carbonyl (C=O) groups is 1. The maximum Gasteiger partial charge on any atom is 0.422 e. The Morgan fingerprint density at radius 3 is 2.56 bits per heavy atom. The molecule has 8 heteroatoms. The lowest BCUT2D eigenvalue weighted by molar-refractivity contribution is 0.121. The molecule has 0 rings (SSSR count). The zero-order chi connectivity index (χ0) is 12.6. The van der Waals surface area contributed by atoms with Crippen molar-refractivity contribution >= 4 is 16.3 Å². The summed E-state index contributed by atoms with van der Waals surface area (Å²) >= 11 is 0. The summed E-state index contributed by atoms with van der Waals surface area (Å²) in [6, 6.07) is 0. The van der Waals surface area contributed by atoms with Gasteiger partial charge in [-0.2, -0.15) is 13.1 Å². The van der Waals surface area contributed by atoms with Crippen molar-refractivity contribution in [3.05, 3.63) is 12.2 Å². The van der Waals surface area contributed by atoms with Gasteiger partial charge >= 0.3 is 16.3 Å². The van der Waals surface area contributed by atoms with E-state index in [4.69, 9.17) is 5.73 Å². The molecule has 1 amide bonds. The molecule has 0 aromatic heterocycles. The van der Waals surface area contributed by atoms with Crippen molar-refractivity contribution in [3.63, 3.8) is 0 Å². The quantitative estimate of drug-likeness (QED) is 0.550. The van der Waals surface area contributed by atoms with Crippen molar-refractivity contribution in [2.24, 2.45) is 5.73 Å². The summed E-state index contributed by atoms with van der Waals surface area (Å²) in [5.41, 5.74) is 5.16. The molecule has 0 aliphatic carbocycles. The van der Waals surface area contributed by atoms with E-state index in [-0.39, 0.29) is 12.6 Å². The van der Waals surface area contributed by atoms with E-state index in [0.717, 1.165) is 0 Å². The molecule has 0 radical (unpaired) electrons. The molecule has 16 heavy (non-hydrogen) atoms. The van der Waals surface area contributed by atoms with Crippen LogP contribution in [0.5, 0.6) is 0 Å². The smallest absolute Gasteiger partial charge is 0.422 e. The van der Waals surface area contributed by atoms with Crippen LogP contribution in [0.1, 0.15) is 13.8 Å². The number of hydrogen-bond donors (Lipinski definition) is 3. The molecule has 94 valence electrons. The lowest BCUT2D eigenvalue weighted by atomic mass is 10.5. The average Bonchev–Trinajstić information content (AvgIpc) is 2.10. The SMILES string of the molecule is CC(C)OC(=O)NS(=O)(=O)NC/C=C/CN. The monoisotopic (exact) mass is 251 g/mol. The molecular formula is C8H17N3O4S. The van der Waals surface area contributed by atoms with Crippen molar-refractivity contribution in [2.75, 3.05) is 13.1 Å². The number of carbonyl (C=O) groups excluding carboxylic acids is 1. The van der Waals surface area contributed by atoms with Crippen molar-refractivity contribution in [1.82, 2.24) is 9.44 Å². The zero-order valence-corrected chi connectivity index (χ0v) is 10.1. The Morgan fingerprint density at radius 1 is 1.44 bits per heavy atom. The van der Waals surface area contributed by atoms with E-state index in [1.165, 1.54) is 6.08 Å². The highest BCUT2D eigenvalue weighted by Crippen LogP contribution is 1.89. The van der Waals surface area contributed by atoms with Crippen LogP contribution in [0.3, 0.4) is 0 Å². The molecule has 0 heterocycles. The van der Waals surface area contributed by atoms with E-state index in [2.05, 4.69) is 9.46 Å². The molecule has 0 aliphatic heterocycles. The van der Waals surface area contributed by atoms with Gasteiger partial charge in [-0.15, -0.1) is 0 Å². The van der Waals surface area contributed by atoms with Gasteiger partial charge in [-0.1, -0.05) is 12.2 Å². The van der Waals surface area contributed by atoms with E-state index < -0.39 is 16.3 Å². The number of rotatable bonds is 6. The molecule has 0 aliphatic rings. The third-order valence-electron chi connectivity index (χ3n) is 1.25. The molecule has 7 nitrogen and oxygen atoms in total. The van der Waals surface area contributed by atoms with E-state index in [0.29, 0.717) is 6.54 Å². The fraction of sp³-hybridized carbons (Fsp3) is 0.625. The molecule has 0 aromatic carbocycles. The summed E-state index contributed by atoms with van der Waals surface area (Å²) in [7, 11) is -3.87. The zero-order valence-electron chi connectivity index (χ0n) is 9.26. The summed E-state index contributed by atoms with van der Waals surface area (Å²) in [6.07, 6.45) is 1.74. The molecule has 0 atom stereocenters. The number of nitrogens with two attached hydrogens (primary N) is 1. The van der Waals surface area contributed by atoms with Crippen LogP contribution < -0.4 is 15.2 Å². The van der Waals surface area contributed by atoms with Gasteiger partial charge in [-0.3, -0.25) is 0 Å². The normalized spacial score (nSPS) is 12.0. The predicted octanol–water partition coefficient (Wildman–Crippen LogP) is -0.530. The number of hydrogen-bond acceptors (Lipinski definition) is 5. The Balaban J connectivity index is 4.05. The van der Waals surface area contributed by atoms with Gasteiger partial charge in [0, 0.05) is 13.1 Å². The molecule has 0 aromatic rings. The summed E-state index contributed by atoms with van der Waals surface area (Å²) in [5, 5.41) is 0. The summed E-state index contributed by atoms with van der Waals surface area (Å²) < 4.78 is 30.8. The third-order valence-corrected chi connectivity index (χ3v) is 2.24. The lowest BCUT2D eigenvalue weighted by Crippen LogP contribution is -2.41. The van der Waals surface area contributed by atoms with Crippen LogP contribution >= 0.6 is 0 Å². The maximum absolute atomic E-state index is 11.2. The lowest BCUT2D eigenvalue weighted by Gasteiger charge is -2.09. The second-order valence-corrected chi connectivity index (χ2v) is 4.61. The van der Waals surface area contributed by atoms with Crippen LogP contribution in [-0.2, 0) is 14.9 Å². The van der Waals surface area contributed by atoms with Gasteiger partial charge in [0.2, 0.25) is 0 Å². The molecule has 0 saturated carbocycles. The second-order valence-electron chi connectivity index (χ2n) is 3.12. The Kier molecular flexibility index (Phi) is 6.70. The van der Waals surface area contributed by atoms with E-state index in [1.807, 2.05) is 0 Å². The maximum atomic E-state index is 11.2. The van der Waals surface area contributed by atoms with Crippen molar-refractivity contribution < 1.29 is 17.9 Å². The van der Waals surface area contributed by atoms with Gasteiger partial charge in [0.05, 0.1) is 6.10 Å². The summed E-state index contributed by atoms with van der Waals surface area (Å²) in [4.78, 5) is 11.0. The Hall–Kier alpha value is -1.12. The highest BCUT2D eigenvalue weighted by atomic mass is 32.2. The van der Waals surface area contributed by atoms with E-state index in [1.54, 1.807) is 24.6 Å². The first-order chi connectivity index (χ1) is 7.37. The molecule has 0 saturated heterocycles. The Labute approximate surface area is 95.2 Å². The van der Waals surface area contributed by atoms with Crippen LogP contribution in [0, 0.1) is 0 Å². The van der Waals surface area contributed by atoms with Gasteiger partial charge in [0.15, 0.2) is 0 Å². The topological polar surface area (TPSA) is 111 Å². The molecular weight excluding hydrogens is 234 g/mol. The van der Waals surface area contributed by atoms with Gasteiger partial charge in [-0.05, 0) is 13.8 Å². The van der Waals surface area contributed by atoms with Crippen molar-refractivity contribution in [2.45, 2.75) is 20.0 Å². The van der Waals surface area contributed by atoms with Crippen LogP contribution in [-0.4, -0.2) is 33.7 Å². The minimum Gasteiger partial charge on any atom is -0.446 e. The van der Waals surface area contributed by atoms with E-state index in [9.17, 15) is 13.2 Å². The fourth-order valence-corrected chi connectivity index (χ4v) is 1.38. The molecule has 0 bridgehead atoms. The van der Waals surface area contributed by atoms with Crippen LogP contribution in [0.2, 0.25) is 0 Å². The number of ether oxygens (including phenoxy) is 1. The summed E-state index contributed by atoms with van der Waals surface area (Å²) in [6.45, 7) is 3.61.